The number of hydrogen-bond acceptors (Lipinski definition) is 6. The SMILES string of the molecule is COCc1cccc(NC(=O)c2cnc(NN)cn2)c1. The van der Waals surface area contributed by atoms with Gasteiger partial charge in [-0.2, -0.15) is 0 Å². The predicted molar refractivity (Wildman–Crippen MR) is 75.0 cm³/mol. The summed E-state index contributed by atoms with van der Waals surface area (Å²) in [5.41, 5.74) is 4.20. The molecule has 4 N–H and O–H groups in total. The molecule has 1 aromatic carbocycles. The fraction of sp³-hybridized carbons (Fsp3) is 0.154. The van der Waals surface area contributed by atoms with Gasteiger partial charge in [-0.25, -0.2) is 15.8 Å². The third kappa shape index (κ3) is 3.50. The average molecular weight is 273 g/mol. The van der Waals surface area contributed by atoms with Crippen LogP contribution in [0, 0.1) is 0 Å². The van der Waals surface area contributed by atoms with E-state index in [4.69, 9.17) is 10.6 Å². The molecule has 0 aliphatic heterocycles. The predicted octanol–water partition coefficient (Wildman–Crippen LogP) is 1.16. The van der Waals surface area contributed by atoms with E-state index in [1.165, 1.54) is 12.4 Å². The Morgan fingerprint density at radius 3 is 2.85 bits per heavy atom. The highest BCUT2D eigenvalue weighted by atomic mass is 16.5. The Kier molecular flexibility index (Phi) is 4.59. The van der Waals surface area contributed by atoms with E-state index in [0.717, 1.165) is 5.56 Å². The lowest BCUT2D eigenvalue weighted by molar-refractivity contribution is 0.102. The Morgan fingerprint density at radius 1 is 1.35 bits per heavy atom. The highest BCUT2D eigenvalue weighted by molar-refractivity contribution is 6.02. The molecule has 0 radical (unpaired) electrons. The van der Waals surface area contributed by atoms with Crippen molar-refractivity contribution in [3.63, 3.8) is 0 Å². The van der Waals surface area contributed by atoms with Crippen molar-refractivity contribution < 1.29 is 9.53 Å². The largest absolute Gasteiger partial charge is 0.380 e. The second-order valence-corrected chi connectivity index (χ2v) is 4.02. The van der Waals surface area contributed by atoms with Crippen LogP contribution in [0.2, 0.25) is 0 Å². The van der Waals surface area contributed by atoms with E-state index < -0.39 is 0 Å². The fourth-order valence-corrected chi connectivity index (χ4v) is 1.62. The minimum atomic E-state index is -0.337. The van der Waals surface area contributed by atoms with Gasteiger partial charge in [0.1, 0.15) is 5.69 Å². The number of hydrazine groups is 1. The van der Waals surface area contributed by atoms with Gasteiger partial charge in [-0.05, 0) is 17.7 Å². The Balaban J connectivity index is 2.08. The van der Waals surface area contributed by atoms with Crippen molar-refractivity contribution >= 4 is 17.4 Å². The normalized spacial score (nSPS) is 10.1. The molecule has 0 aliphatic rings. The van der Waals surface area contributed by atoms with Crippen molar-refractivity contribution in [1.82, 2.24) is 9.97 Å². The number of nitrogens with two attached hydrogens (primary N) is 1. The molecule has 0 saturated heterocycles. The van der Waals surface area contributed by atoms with Crippen LogP contribution in [0.25, 0.3) is 0 Å². The Bertz CT molecular complexity index is 586. The highest BCUT2D eigenvalue weighted by Crippen LogP contribution is 2.12. The van der Waals surface area contributed by atoms with Crippen LogP contribution in [0.15, 0.2) is 36.7 Å². The van der Waals surface area contributed by atoms with Gasteiger partial charge in [0.05, 0.1) is 19.0 Å². The van der Waals surface area contributed by atoms with E-state index in [9.17, 15) is 4.79 Å². The standard InChI is InChI=1S/C13H15N5O2/c1-20-8-9-3-2-4-10(5-9)17-13(19)11-6-16-12(18-14)7-15-11/h2-7H,8,14H2,1H3,(H,16,18)(H,17,19). The van der Waals surface area contributed by atoms with Crippen molar-refractivity contribution in [3.8, 4) is 0 Å². The summed E-state index contributed by atoms with van der Waals surface area (Å²) in [6.07, 6.45) is 2.74. The second-order valence-electron chi connectivity index (χ2n) is 4.02. The van der Waals surface area contributed by atoms with E-state index in [0.29, 0.717) is 18.1 Å². The number of carbonyl (C=O) groups excluding carboxylic acids is 1. The van der Waals surface area contributed by atoms with Gasteiger partial charge in [-0.1, -0.05) is 12.1 Å². The number of methoxy groups -OCH3 is 1. The number of aromatic nitrogens is 2. The van der Waals surface area contributed by atoms with E-state index in [-0.39, 0.29) is 11.6 Å². The van der Waals surface area contributed by atoms with Gasteiger partial charge in [0.25, 0.3) is 5.91 Å². The smallest absolute Gasteiger partial charge is 0.275 e. The quantitative estimate of drug-likeness (QED) is 0.558. The minimum Gasteiger partial charge on any atom is -0.380 e. The molecule has 2 rings (SSSR count). The van der Waals surface area contributed by atoms with Crippen molar-refractivity contribution in [2.45, 2.75) is 6.61 Å². The van der Waals surface area contributed by atoms with Gasteiger partial charge < -0.3 is 15.5 Å². The zero-order chi connectivity index (χ0) is 14.4. The average Bonchev–Trinajstić information content (AvgIpc) is 2.48. The van der Waals surface area contributed by atoms with Crippen LogP contribution in [-0.4, -0.2) is 23.0 Å². The summed E-state index contributed by atoms with van der Waals surface area (Å²) in [4.78, 5) is 19.9. The van der Waals surface area contributed by atoms with E-state index in [2.05, 4.69) is 20.7 Å². The number of benzene rings is 1. The monoisotopic (exact) mass is 273 g/mol. The summed E-state index contributed by atoms with van der Waals surface area (Å²) < 4.78 is 5.04. The molecular weight excluding hydrogens is 258 g/mol. The maximum Gasteiger partial charge on any atom is 0.275 e. The number of nitrogen functional groups attached to an aromatic ring is 1. The maximum atomic E-state index is 12.0. The lowest BCUT2D eigenvalue weighted by atomic mass is 10.2. The number of nitrogens with zero attached hydrogens (tertiary/aromatic N) is 2. The molecular formula is C13H15N5O2. The number of ether oxygens (including phenoxy) is 1. The van der Waals surface area contributed by atoms with Gasteiger partial charge in [0.2, 0.25) is 0 Å². The molecule has 104 valence electrons. The molecule has 1 heterocycles. The van der Waals surface area contributed by atoms with E-state index >= 15 is 0 Å². The molecule has 7 heteroatoms. The Hall–Kier alpha value is -2.51. The molecule has 0 atom stereocenters. The molecule has 0 bridgehead atoms. The molecule has 1 amide bonds. The summed E-state index contributed by atoms with van der Waals surface area (Å²) in [7, 11) is 1.62. The van der Waals surface area contributed by atoms with Crippen LogP contribution in [0.4, 0.5) is 11.5 Å². The zero-order valence-electron chi connectivity index (χ0n) is 11.0. The number of anilines is 2. The van der Waals surface area contributed by atoms with Gasteiger partial charge in [0, 0.05) is 12.8 Å². The summed E-state index contributed by atoms with van der Waals surface area (Å²) in [6, 6.07) is 7.39. The lowest BCUT2D eigenvalue weighted by Gasteiger charge is -2.07. The number of hydrogen-bond donors (Lipinski definition) is 3. The molecule has 0 aliphatic carbocycles. The molecule has 1 aromatic heterocycles. The van der Waals surface area contributed by atoms with Gasteiger partial charge in [0.15, 0.2) is 5.82 Å². The molecule has 2 aromatic rings. The third-order valence-corrected chi connectivity index (χ3v) is 2.53. The van der Waals surface area contributed by atoms with Crippen LogP contribution < -0.4 is 16.6 Å². The molecule has 0 saturated carbocycles. The highest BCUT2D eigenvalue weighted by Gasteiger charge is 2.08. The molecule has 7 nitrogen and oxygen atoms in total. The Labute approximate surface area is 116 Å². The fourth-order valence-electron chi connectivity index (χ4n) is 1.62. The number of rotatable bonds is 5. The number of carbonyl (C=O) groups is 1. The van der Waals surface area contributed by atoms with Crippen LogP contribution in [0.1, 0.15) is 16.1 Å². The first-order chi connectivity index (χ1) is 9.72. The van der Waals surface area contributed by atoms with Crippen molar-refractivity contribution in [2.75, 3.05) is 17.9 Å². The van der Waals surface area contributed by atoms with E-state index in [1.54, 1.807) is 13.2 Å². The van der Waals surface area contributed by atoms with Crippen molar-refractivity contribution in [2.24, 2.45) is 5.84 Å². The maximum absolute atomic E-state index is 12.0. The van der Waals surface area contributed by atoms with Gasteiger partial charge >= 0.3 is 0 Å². The third-order valence-electron chi connectivity index (χ3n) is 2.53. The van der Waals surface area contributed by atoms with Gasteiger partial charge in [-0.3, -0.25) is 4.79 Å². The summed E-state index contributed by atoms with van der Waals surface area (Å²) in [5.74, 6) is 5.23. The van der Waals surface area contributed by atoms with E-state index in [1.807, 2.05) is 18.2 Å². The summed E-state index contributed by atoms with van der Waals surface area (Å²) >= 11 is 0. The molecule has 0 unspecified atom stereocenters. The van der Waals surface area contributed by atoms with Crippen LogP contribution in [-0.2, 0) is 11.3 Å². The van der Waals surface area contributed by atoms with Gasteiger partial charge in [-0.15, -0.1) is 0 Å². The van der Waals surface area contributed by atoms with Crippen LogP contribution in [0.5, 0.6) is 0 Å². The Morgan fingerprint density at radius 2 is 2.20 bits per heavy atom. The molecule has 0 spiro atoms. The first-order valence-electron chi connectivity index (χ1n) is 5.91. The summed E-state index contributed by atoms with van der Waals surface area (Å²) in [5, 5.41) is 2.75. The number of nitrogens with one attached hydrogen (secondary N) is 2. The molecule has 20 heavy (non-hydrogen) atoms. The molecule has 0 fully saturated rings. The van der Waals surface area contributed by atoms with Crippen LogP contribution in [0.3, 0.4) is 0 Å². The number of amides is 1. The van der Waals surface area contributed by atoms with Crippen molar-refractivity contribution in [1.29, 1.82) is 0 Å². The van der Waals surface area contributed by atoms with Crippen molar-refractivity contribution in [3.05, 3.63) is 47.9 Å². The second kappa shape index (κ2) is 6.60. The first-order valence-corrected chi connectivity index (χ1v) is 5.91. The van der Waals surface area contributed by atoms with Crippen LogP contribution >= 0.6 is 0 Å². The minimum absolute atomic E-state index is 0.209. The lowest BCUT2D eigenvalue weighted by Crippen LogP contribution is -2.15. The summed E-state index contributed by atoms with van der Waals surface area (Å²) in [6.45, 7) is 0.486. The zero-order valence-corrected chi connectivity index (χ0v) is 11.0. The first kappa shape index (κ1) is 13.9. The topological polar surface area (TPSA) is 102 Å².